The number of hydrogen-bond donors (Lipinski definition) is 0. The molecule has 3 aromatic heterocycles. The highest BCUT2D eigenvalue weighted by Crippen LogP contribution is 2.36. The van der Waals surface area contributed by atoms with E-state index in [-0.39, 0.29) is 18.4 Å². The first-order chi connectivity index (χ1) is 11.2. The number of carbonyl (C=O) groups excluding carboxylic acids is 2. The number of hydrogen-bond acceptors (Lipinski definition) is 6. The van der Waals surface area contributed by atoms with Crippen molar-refractivity contribution >= 4 is 22.5 Å². The number of rotatable bonds is 2. The van der Waals surface area contributed by atoms with E-state index in [1.807, 2.05) is 0 Å². The fourth-order valence-electron chi connectivity index (χ4n) is 2.80. The van der Waals surface area contributed by atoms with Crippen molar-refractivity contribution in [3.05, 3.63) is 53.6 Å². The third kappa shape index (κ3) is 1.99. The van der Waals surface area contributed by atoms with E-state index >= 15 is 0 Å². The summed E-state index contributed by atoms with van der Waals surface area (Å²) < 4.78 is 5.06. The van der Waals surface area contributed by atoms with Crippen molar-refractivity contribution in [3.63, 3.8) is 0 Å². The fourth-order valence-corrected chi connectivity index (χ4v) is 2.80. The van der Waals surface area contributed by atoms with Crippen LogP contribution >= 0.6 is 0 Å². The Morgan fingerprint density at radius 2 is 1.91 bits per heavy atom. The largest absolute Gasteiger partial charge is 0.461 e. The summed E-state index contributed by atoms with van der Waals surface area (Å²) >= 11 is 0. The molecule has 0 saturated heterocycles. The highest BCUT2D eigenvalue weighted by atomic mass is 16.5. The van der Waals surface area contributed by atoms with Crippen LogP contribution in [0.15, 0.2) is 36.8 Å². The number of aromatic nitrogens is 3. The van der Waals surface area contributed by atoms with Crippen LogP contribution in [0.1, 0.15) is 28.5 Å². The standard InChI is InChI=1S/C17H11N3O3/c1-9(21)23-8-10-7-20-15-13-11(10)4-6-19-16(13)17(22)12-3-2-5-18-14(12)15/h2-7H,8H2,1H3. The Labute approximate surface area is 131 Å². The lowest BCUT2D eigenvalue weighted by Gasteiger charge is -2.18. The van der Waals surface area contributed by atoms with E-state index in [0.29, 0.717) is 28.0 Å². The van der Waals surface area contributed by atoms with Gasteiger partial charge in [0.1, 0.15) is 18.0 Å². The van der Waals surface area contributed by atoms with Crippen LogP contribution < -0.4 is 0 Å². The lowest BCUT2D eigenvalue weighted by molar-refractivity contribution is -0.142. The summed E-state index contributed by atoms with van der Waals surface area (Å²) in [6, 6.07) is 5.24. The zero-order chi connectivity index (χ0) is 16.0. The zero-order valence-electron chi connectivity index (χ0n) is 12.2. The van der Waals surface area contributed by atoms with E-state index in [1.54, 1.807) is 36.8 Å². The third-order valence-corrected chi connectivity index (χ3v) is 3.81. The first kappa shape index (κ1) is 13.5. The minimum Gasteiger partial charge on any atom is -0.461 e. The van der Waals surface area contributed by atoms with Crippen molar-refractivity contribution in [3.8, 4) is 11.4 Å². The molecule has 0 bridgehead atoms. The van der Waals surface area contributed by atoms with Crippen molar-refractivity contribution < 1.29 is 14.3 Å². The molecule has 0 N–H and O–H groups in total. The highest BCUT2D eigenvalue weighted by Gasteiger charge is 2.28. The summed E-state index contributed by atoms with van der Waals surface area (Å²) in [5, 5.41) is 1.46. The molecule has 0 aliphatic heterocycles. The first-order valence-electron chi connectivity index (χ1n) is 7.07. The molecule has 0 fully saturated rings. The predicted molar refractivity (Wildman–Crippen MR) is 81.7 cm³/mol. The van der Waals surface area contributed by atoms with Crippen LogP contribution in [0.5, 0.6) is 0 Å². The molecule has 6 nitrogen and oxygen atoms in total. The summed E-state index contributed by atoms with van der Waals surface area (Å²) in [4.78, 5) is 36.7. The maximum atomic E-state index is 12.7. The van der Waals surface area contributed by atoms with Gasteiger partial charge >= 0.3 is 5.97 Å². The van der Waals surface area contributed by atoms with Gasteiger partial charge in [-0.25, -0.2) is 0 Å². The van der Waals surface area contributed by atoms with Gasteiger partial charge in [0.25, 0.3) is 0 Å². The van der Waals surface area contributed by atoms with Gasteiger partial charge in [0.15, 0.2) is 0 Å². The molecule has 112 valence electrons. The molecule has 0 unspecified atom stereocenters. The van der Waals surface area contributed by atoms with Crippen LogP contribution in [0.4, 0.5) is 0 Å². The molecule has 3 aromatic rings. The van der Waals surface area contributed by atoms with Crippen LogP contribution in [-0.2, 0) is 16.1 Å². The highest BCUT2D eigenvalue weighted by molar-refractivity contribution is 6.23. The summed E-state index contributed by atoms with van der Waals surface area (Å²) in [7, 11) is 0. The number of esters is 1. The average molecular weight is 305 g/mol. The molecule has 0 amide bonds. The number of pyridine rings is 3. The van der Waals surface area contributed by atoms with Gasteiger partial charge < -0.3 is 4.74 Å². The molecule has 0 atom stereocenters. The number of fused-ring (bicyclic) bond motifs is 2. The summed E-state index contributed by atoms with van der Waals surface area (Å²) in [5.74, 6) is -0.538. The minimum atomic E-state index is -0.369. The Bertz CT molecular complexity index is 982. The number of carbonyl (C=O) groups is 2. The maximum Gasteiger partial charge on any atom is 0.302 e. The van der Waals surface area contributed by atoms with Gasteiger partial charge in [-0.3, -0.25) is 24.5 Å². The normalized spacial score (nSPS) is 12.1. The van der Waals surface area contributed by atoms with Gasteiger partial charge in [-0.1, -0.05) is 0 Å². The molecule has 1 aliphatic rings. The maximum absolute atomic E-state index is 12.7. The molecule has 3 heterocycles. The van der Waals surface area contributed by atoms with Crippen LogP contribution in [0.25, 0.3) is 22.2 Å². The van der Waals surface area contributed by atoms with E-state index in [2.05, 4.69) is 15.0 Å². The Morgan fingerprint density at radius 3 is 2.74 bits per heavy atom. The molecule has 23 heavy (non-hydrogen) atoms. The van der Waals surface area contributed by atoms with Crippen molar-refractivity contribution in [1.82, 2.24) is 15.0 Å². The Kier molecular flexibility index (Phi) is 2.90. The van der Waals surface area contributed by atoms with Crippen molar-refractivity contribution in [1.29, 1.82) is 0 Å². The molecule has 0 spiro atoms. The summed E-state index contributed by atoms with van der Waals surface area (Å²) in [6.07, 6.45) is 4.87. The van der Waals surface area contributed by atoms with Crippen LogP contribution in [-0.4, -0.2) is 26.7 Å². The van der Waals surface area contributed by atoms with Gasteiger partial charge in [-0.05, 0) is 23.6 Å². The Hall–Kier alpha value is -3.15. The molecular weight excluding hydrogens is 294 g/mol. The van der Waals surface area contributed by atoms with Gasteiger partial charge in [0, 0.05) is 36.5 Å². The van der Waals surface area contributed by atoms with Crippen molar-refractivity contribution in [2.45, 2.75) is 13.5 Å². The average Bonchev–Trinajstić information content (AvgIpc) is 2.58. The molecule has 0 aromatic carbocycles. The van der Waals surface area contributed by atoms with Gasteiger partial charge in [0.05, 0.1) is 11.3 Å². The lowest BCUT2D eigenvalue weighted by atomic mass is 9.91. The van der Waals surface area contributed by atoms with Crippen LogP contribution in [0.2, 0.25) is 0 Å². The van der Waals surface area contributed by atoms with E-state index < -0.39 is 0 Å². The SMILES string of the molecule is CC(=O)OCc1cnc2c3c(nccc13)C(=O)c1cccnc1-2. The van der Waals surface area contributed by atoms with E-state index in [1.165, 1.54) is 6.92 Å². The molecule has 0 saturated carbocycles. The Morgan fingerprint density at radius 1 is 1.09 bits per heavy atom. The zero-order valence-corrected chi connectivity index (χ0v) is 12.2. The van der Waals surface area contributed by atoms with Gasteiger partial charge in [0.2, 0.25) is 5.78 Å². The molecule has 6 heteroatoms. The second-order valence-corrected chi connectivity index (χ2v) is 5.22. The quantitative estimate of drug-likeness (QED) is 0.528. The van der Waals surface area contributed by atoms with Gasteiger partial charge in [-0.2, -0.15) is 0 Å². The van der Waals surface area contributed by atoms with Gasteiger partial charge in [-0.15, -0.1) is 0 Å². The Balaban J connectivity index is 2.01. The topological polar surface area (TPSA) is 82.0 Å². The second-order valence-electron chi connectivity index (χ2n) is 5.22. The molecule has 4 rings (SSSR count). The fraction of sp³-hybridized carbons (Fsp3) is 0.118. The first-order valence-corrected chi connectivity index (χ1v) is 7.07. The summed E-state index contributed by atoms with van der Waals surface area (Å²) in [6.45, 7) is 1.45. The molecule has 1 aliphatic carbocycles. The third-order valence-electron chi connectivity index (χ3n) is 3.81. The number of nitrogens with zero attached hydrogens (tertiary/aromatic N) is 3. The van der Waals surface area contributed by atoms with E-state index in [4.69, 9.17) is 4.74 Å². The van der Waals surface area contributed by atoms with Crippen LogP contribution in [0.3, 0.4) is 0 Å². The minimum absolute atomic E-state index is 0.103. The number of ether oxygens (including phenoxy) is 1. The van der Waals surface area contributed by atoms with E-state index in [9.17, 15) is 9.59 Å². The van der Waals surface area contributed by atoms with E-state index in [0.717, 1.165) is 10.9 Å². The van der Waals surface area contributed by atoms with Crippen LogP contribution in [0, 0.1) is 0 Å². The smallest absolute Gasteiger partial charge is 0.302 e. The molecular formula is C17H11N3O3. The van der Waals surface area contributed by atoms with Crippen molar-refractivity contribution in [2.24, 2.45) is 0 Å². The number of ketones is 1. The monoisotopic (exact) mass is 305 g/mol. The van der Waals surface area contributed by atoms with Crippen molar-refractivity contribution in [2.75, 3.05) is 0 Å². The molecule has 0 radical (unpaired) electrons. The predicted octanol–water partition coefficient (Wildman–Crippen LogP) is 2.30. The lowest BCUT2D eigenvalue weighted by Crippen LogP contribution is -2.14. The summed E-state index contributed by atoms with van der Waals surface area (Å²) in [5.41, 5.74) is 2.78. The second kappa shape index (κ2) is 4.95.